The summed E-state index contributed by atoms with van der Waals surface area (Å²) in [5.74, 6) is 0.634. The molecule has 0 aliphatic rings. The lowest BCUT2D eigenvalue weighted by molar-refractivity contribution is -0.134. The molecule has 0 radical (unpaired) electrons. The molecule has 0 fully saturated rings. The second kappa shape index (κ2) is 9.23. The van der Waals surface area contributed by atoms with Gasteiger partial charge in [0.25, 0.3) is 5.91 Å². The van der Waals surface area contributed by atoms with Gasteiger partial charge in [0.15, 0.2) is 6.61 Å². The van der Waals surface area contributed by atoms with Crippen LogP contribution in [0.1, 0.15) is 16.7 Å². The molecule has 3 aromatic carbocycles. The summed E-state index contributed by atoms with van der Waals surface area (Å²) in [6.07, 6.45) is 3.53. The molecule has 150 valence electrons. The van der Waals surface area contributed by atoms with Crippen molar-refractivity contribution in [3.8, 4) is 5.75 Å². The predicted octanol–water partition coefficient (Wildman–Crippen LogP) is 5.15. The van der Waals surface area contributed by atoms with Crippen molar-refractivity contribution < 1.29 is 9.53 Å². The number of aromatic nitrogens is 1. The molecule has 4 heteroatoms. The van der Waals surface area contributed by atoms with Crippen LogP contribution in [0.15, 0.2) is 91.3 Å². The van der Waals surface area contributed by atoms with Gasteiger partial charge in [0.05, 0.1) is 0 Å². The van der Waals surface area contributed by atoms with Crippen molar-refractivity contribution in [3.05, 3.63) is 108 Å². The van der Waals surface area contributed by atoms with Crippen LogP contribution in [0.25, 0.3) is 10.8 Å². The van der Waals surface area contributed by atoms with Gasteiger partial charge >= 0.3 is 0 Å². The Kier molecular flexibility index (Phi) is 6.04. The number of hydrogen-bond acceptors (Lipinski definition) is 3. The molecule has 30 heavy (non-hydrogen) atoms. The first-order valence-corrected chi connectivity index (χ1v) is 10.0. The average molecular weight is 396 g/mol. The normalized spacial score (nSPS) is 10.7. The van der Waals surface area contributed by atoms with E-state index < -0.39 is 0 Å². The first-order chi connectivity index (χ1) is 14.7. The fourth-order valence-electron chi connectivity index (χ4n) is 3.43. The Morgan fingerprint density at radius 1 is 0.900 bits per heavy atom. The van der Waals surface area contributed by atoms with Gasteiger partial charge in [-0.3, -0.25) is 9.78 Å². The summed E-state index contributed by atoms with van der Waals surface area (Å²) in [6.45, 7) is 3.07. The highest BCUT2D eigenvalue weighted by Gasteiger charge is 2.16. The average Bonchev–Trinajstić information content (AvgIpc) is 2.79. The van der Waals surface area contributed by atoms with E-state index in [0.717, 1.165) is 27.5 Å². The van der Waals surface area contributed by atoms with Crippen molar-refractivity contribution in [3.63, 3.8) is 0 Å². The molecule has 1 amide bonds. The molecule has 0 bridgehead atoms. The monoisotopic (exact) mass is 396 g/mol. The lowest BCUT2D eigenvalue weighted by Crippen LogP contribution is -2.34. The van der Waals surface area contributed by atoms with E-state index >= 15 is 0 Å². The van der Waals surface area contributed by atoms with Crippen LogP contribution in [0.2, 0.25) is 0 Å². The number of benzene rings is 3. The van der Waals surface area contributed by atoms with Crippen molar-refractivity contribution in [2.45, 2.75) is 20.0 Å². The Morgan fingerprint density at radius 3 is 2.50 bits per heavy atom. The molecular formula is C26H24N2O2. The maximum atomic E-state index is 13.1. The fourth-order valence-corrected chi connectivity index (χ4v) is 3.43. The van der Waals surface area contributed by atoms with Gasteiger partial charge in [0.1, 0.15) is 5.75 Å². The number of hydrogen-bond donors (Lipinski definition) is 0. The molecule has 0 aliphatic heterocycles. The van der Waals surface area contributed by atoms with E-state index in [1.165, 1.54) is 0 Å². The van der Waals surface area contributed by atoms with E-state index in [2.05, 4.69) is 30.1 Å². The van der Waals surface area contributed by atoms with Crippen molar-refractivity contribution in [2.24, 2.45) is 0 Å². The van der Waals surface area contributed by atoms with Gasteiger partial charge in [0, 0.05) is 25.5 Å². The van der Waals surface area contributed by atoms with Crippen LogP contribution < -0.4 is 4.74 Å². The largest absolute Gasteiger partial charge is 0.484 e. The second-order valence-electron chi connectivity index (χ2n) is 7.34. The molecular weight excluding hydrogens is 372 g/mol. The third kappa shape index (κ3) is 4.84. The first kappa shape index (κ1) is 19.6. The first-order valence-electron chi connectivity index (χ1n) is 10.0. The lowest BCUT2D eigenvalue weighted by atomic mass is 10.1. The number of carbonyl (C=O) groups excluding carboxylic acids is 1. The van der Waals surface area contributed by atoms with E-state index in [9.17, 15) is 4.79 Å². The fraction of sp³-hybridized carbons (Fsp3) is 0.154. The Balaban J connectivity index is 1.49. The van der Waals surface area contributed by atoms with Crippen LogP contribution in [0.3, 0.4) is 0 Å². The lowest BCUT2D eigenvalue weighted by Gasteiger charge is -2.24. The minimum atomic E-state index is -0.0599. The van der Waals surface area contributed by atoms with Crippen molar-refractivity contribution in [2.75, 3.05) is 6.61 Å². The van der Waals surface area contributed by atoms with Gasteiger partial charge in [-0.05, 0) is 52.6 Å². The Hall–Kier alpha value is -3.66. The smallest absolute Gasteiger partial charge is 0.261 e. The SMILES string of the molecule is Cc1ccccc1CN(Cc1cccnc1)C(=O)COc1ccc2ccccc2c1. The Labute approximate surface area is 176 Å². The molecule has 0 N–H and O–H groups in total. The van der Waals surface area contributed by atoms with Gasteiger partial charge < -0.3 is 9.64 Å². The van der Waals surface area contributed by atoms with Crippen LogP contribution in [0.5, 0.6) is 5.75 Å². The molecule has 0 aliphatic carbocycles. The highest BCUT2D eigenvalue weighted by Crippen LogP contribution is 2.21. The minimum Gasteiger partial charge on any atom is -0.484 e. The zero-order valence-corrected chi connectivity index (χ0v) is 17.0. The van der Waals surface area contributed by atoms with Gasteiger partial charge in [-0.1, -0.05) is 60.7 Å². The number of amides is 1. The van der Waals surface area contributed by atoms with E-state index in [1.54, 1.807) is 12.4 Å². The number of rotatable bonds is 7. The van der Waals surface area contributed by atoms with Crippen LogP contribution in [0.4, 0.5) is 0 Å². The van der Waals surface area contributed by atoms with E-state index in [1.807, 2.05) is 65.6 Å². The molecule has 4 aromatic rings. The zero-order valence-electron chi connectivity index (χ0n) is 17.0. The van der Waals surface area contributed by atoms with Crippen molar-refractivity contribution in [1.82, 2.24) is 9.88 Å². The second-order valence-corrected chi connectivity index (χ2v) is 7.34. The molecule has 4 nitrogen and oxygen atoms in total. The Morgan fingerprint density at radius 2 is 1.70 bits per heavy atom. The van der Waals surface area contributed by atoms with E-state index in [0.29, 0.717) is 18.8 Å². The number of nitrogens with zero attached hydrogens (tertiary/aromatic N) is 2. The van der Waals surface area contributed by atoms with Gasteiger partial charge in [-0.25, -0.2) is 0 Å². The summed E-state index contributed by atoms with van der Waals surface area (Å²) in [6, 6.07) is 26.0. The van der Waals surface area contributed by atoms with Crippen molar-refractivity contribution in [1.29, 1.82) is 0 Å². The van der Waals surface area contributed by atoms with Crippen LogP contribution in [-0.4, -0.2) is 22.4 Å². The Bertz CT molecular complexity index is 1140. The third-order valence-corrected chi connectivity index (χ3v) is 5.15. The summed E-state index contributed by atoms with van der Waals surface area (Å²) >= 11 is 0. The molecule has 0 atom stereocenters. The number of fused-ring (bicyclic) bond motifs is 1. The molecule has 0 unspecified atom stereocenters. The third-order valence-electron chi connectivity index (χ3n) is 5.15. The van der Waals surface area contributed by atoms with Gasteiger partial charge in [-0.15, -0.1) is 0 Å². The van der Waals surface area contributed by atoms with Crippen LogP contribution in [-0.2, 0) is 17.9 Å². The molecule has 1 heterocycles. The molecule has 0 saturated heterocycles. The topological polar surface area (TPSA) is 42.4 Å². The molecule has 0 saturated carbocycles. The minimum absolute atomic E-state index is 0.00944. The van der Waals surface area contributed by atoms with E-state index in [-0.39, 0.29) is 12.5 Å². The number of ether oxygens (including phenoxy) is 1. The summed E-state index contributed by atoms with van der Waals surface area (Å²) < 4.78 is 5.86. The molecule has 1 aromatic heterocycles. The number of pyridine rings is 1. The van der Waals surface area contributed by atoms with Crippen LogP contribution >= 0.6 is 0 Å². The summed E-state index contributed by atoms with van der Waals surface area (Å²) in [5.41, 5.74) is 3.28. The maximum Gasteiger partial charge on any atom is 0.261 e. The zero-order chi connectivity index (χ0) is 20.8. The summed E-state index contributed by atoms with van der Waals surface area (Å²) in [4.78, 5) is 19.1. The van der Waals surface area contributed by atoms with Gasteiger partial charge in [0.2, 0.25) is 0 Å². The number of aryl methyl sites for hydroxylation is 1. The molecule has 4 rings (SSSR count). The maximum absolute atomic E-state index is 13.1. The predicted molar refractivity (Wildman–Crippen MR) is 119 cm³/mol. The number of carbonyl (C=O) groups is 1. The highest BCUT2D eigenvalue weighted by atomic mass is 16.5. The highest BCUT2D eigenvalue weighted by molar-refractivity contribution is 5.84. The van der Waals surface area contributed by atoms with Gasteiger partial charge in [-0.2, -0.15) is 0 Å². The summed E-state index contributed by atoms with van der Waals surface area (Å²) in [5, 5.41) is 2.24. The van der Waals surface area contributed by atoms with Crippen LogP contribution in [0, 0.1) is 6.92 Å². The standard InChI is InChI=1S/C26H24N2O2/c1-20-7-2-3-11-24(20)18-28(17-21-8-6-14-27-16-21)26(29)19-30-25-13-12-22-9-4-5-10-23(22)15-25/h2-16H,17-19H2,1H3. The molecule has 0 spiro atoms. The van der Waals surface area contributed by atoms with E-state index in [4.69, 9.17) is 4.74 Å². The van der Waals surface area contributed by atoms with Crippen molar-refractivity contribution >= 4 is 16.7 Å². The quantitative estimate of drug-likeness (QED) is 0.434. The summed E-state index contributed by atoms with van der Waals surface area (Å²) in [7, 11) is 0.